The van der Waals surface area contributed by atoms with Gasteiger partial charge >= 0.3 is 6.16 Å². The van der Waals surface area contributed by atoms with E-state index in [1.807, 2.05) is 65.2 Å². The predicted octanol–water partition coefficient (Wildman–Crippen LogP) is 8.06. The molecular weight excluding hydrogens is 474 g/mol. The molecule has 5 nitrogen and oxygen atoms in total. The van der Waals surface area contributed by atoms with Crippen LogP contribution < -0.4 is 9.47 Å². The Morgan fingerprint density at radius 2 is 1.45 bits per heavy atom. The van der Waals surface area contributed by atoms with E-state index in [2.05, 4.69) is 48.5 Å². The highest BCUT2D eigenvalue weighted by atomic mass is 16.7. The molecule has 0 fully saturated rings. The van der Waals surface area contributed by atoms with E-state index in [0.29, 0.717) is 31.9 Å². The molecule has 0 radical (unpaired) electrons. The van der Waals surface area contributed by atoms with Crippen LogP contribution in [0, 0.1) is 0 Å². The molecule has 0 aliphatic carbocycles. The summed E-state index contributed by atoms with van der Waals surface area (Å²) >= 11 is 0. The van der Waals surface area contributed by atoms with E-state index < -0.39 is 6.16 Å². The van der Waals surface area contributed by atoms with E-state index in [4.69, 9.17) is 9.47 Å². The zero-order valence-corrected chi connectivity index (χ0v) is 20.8. The molecule has 1 N–H and O–H groups in total. The monoisotopic (exact) mass is 501 g/mol. The third-order valence-corrected chi connectivity index (χ3v) is 6.94. The lowest BCUT2D eigenvalue weighted by atomic mass is 10.0. The van der Waals surface area contributed by atoms with Crippen molar-refractivity contribution in [2.45, 2.75) is 19.4 Å². The topological polar surface area (TPSA) is 60.7 Å². The number of aryl methyl sites for hydroxylation is 1. The van der Waals surface area contributed by atoms with Gasteiger partial charge in [-0.15, -0.1) is 0 Å². The molecule has 0 spiro atoms. The van der Waals surface area contributed by atoms with Gasteiger partial charge in [0.25, 0.3) is 0 Å². The summed E-state index contributed by atoms with van der Waals surface area (Å²) in [5.41, 5.74) is 2.92. The zero-order chi connectivity index (χ0) is 25.9. The van der Waals surface area contributed by atoms with Gasteiger partial charge in [0, 0.05) is 29.3 Å². The Hall–Kier alpha value is -4.77. The Bertz CT molecular complexity index is 1760. The molecule has 0 saturated carbocycles. The molecule has 0 aliphatic heterocycles. The summed E-state index contributed by atoms with van der Waals surface area (Å²) in [6.07, 6.45) is -0.0679. The van der Waals surface area contributed by atoms with Crippen molar-refractivity contribution in [3.63, 3.8) is 0 Å². The summed E-state index contributed by atoms with van der Waals surface area (Å²) < 4.78 is 13.5. The van der Waals surface area contributed by atoms with E-state index in [1.165, 1.54) is 5.39 Å². The number of benzene rings is 5. The minimum atomic E-state index is -1.32. The molecule has 5 aromatic carbocycles. The number of carboxylic acid groups (broad SMARTS) is 1. The van der Waals surface area contributed by atoms with Crippen molar-refractivity contribution in [2.75, 3.05) is 6.61 Å². The summed E-state index contributed by atoms with van der Waals surface area (Å²) in [4.78, 5) is 11.8. The predicted molar refractivity (Wildman–Crippen MR) is 151 cm³/mol. The first kappa shape index (κ1) is 23.6. The molecule has 6 aromatic rings. The molecule has 0 aliphatic rings. The average Bonchev–Trinajstić information content (AvgIpc) is 3.22. The van der Waals surface area contributed by atoms with Crippen molar-refractivity contribution in [1.29, 1.82) is 0 Å². The maximum Gasteiger partial charge on any atom is 0.512 e. The first-order chi connectivity index (χ1) is 18.7. The second-order valence-electron chi connectivity index (χ2n) is 9.36. The number of ether oxygens (including phenoxy) is 2. The van der Waals surface area contributed by atoms with Crippen LogP contribution in [0.5, 0.6) is 11.6 Å². The smallest absolute Gasteiger partial charge is 0.493 e. The minimum Gasteiger partial charge on any atom is -0.493 e. The van der Waals surface area contributed by atoms with E-state index in [0.717, 1.165) is 43.9 Å². The first-order valence-electron chi connectivity index (χ1n) is 12.8. The highest BCUT2D eigenvalue weighted by Crippen LogP contribution is 2.35. The zero-order valence-electron chi connectivity index (χ0n) is 20.8. The van der Waals surface area contributed by atoms with Gasteiger partial charge in [-0.2, -0.15) is 0 Å². The Balaban J connectivity index is 1.29. The van der Waals surface area contributed by atoms with E-state index in [-0.39, 0.29) is 0 Å². The molecular formula is C33H27NO4. The van der Waals surface area contributed by atoms with Crippen molar-refractivity contribution in [3.05, 3.63) is 120 Å². The third-order valence-electron chi connectivity index (χ3n) is 6.94. The quantitative estimate of drug-likeness (QED) is 0.169. The van der Waals surface area contributed by atoms with E-state index >= 15 is 0 Å². The van der Waals surface area contributed by atoms with Crippen LogP contribution in [0.2, 0.25) is 0 Å². The maximum atomic E-state index is 11.8. The third kappa shape index (κ3) is 4.66. The van der Waals surface area contributed by atoms with Gasteiger partial charge in [0.05, 0.1) is 12.1 Å². The van der Waals surface area contributed by atoms with Crippen LogP contribution in [0.15, 0.2) is 109 Å². The summed E-state index contributed by atoms with van der Waals surface area (Å²) in [6.45, 7) is 1.05. The highest BCUT2D eigenvalue weighted by Gasteiger charge is 2.21. The summed E-state index contributed by atoms with van der Waals surface area (Å²) in [7, 11) is 0. The fraction of sp³-hybridized carbons (Fsp3) is 0.121. The number of hydrogen-bond acceptors (Lipinski definition) is 3. The van der Waals surface area contributed by atoms with Gasteiger partial charge < -0.3 is 19.1 Å². The normalized spacial score (nSPS) is 11.3. The summed E-state index contributed by atoms with van der Waals surface area (Å²) in [6, 6.07) is 36.8. The van der Waals surface area contributed by atoms with Gasteiger partial charge in [0.1, 0.15) is 5.75 Å². The second-order valence-corrected chi connectivity index (χ2v) is 9.36. The molecule has 0 saturated heterocycles. The van der Waals surface area contributed by atoms with Gasteiger partial charge in [-0.3, -0.25) is 0 Å². The van der Waals surface area contributed by atoms with Crippen LogP contribution in [0.1, 0.15) is 17.5 Å². The molecule has 6 rings (SSSR count). The fourth-order valence-corrected chi connectivity index (χ4v) is 5.22. The van der Waals surface area contributed by atoms with Gasteiger partial charge in [-0.1, -0.05) is 97.1 Å². The number of fused-ring (bicyclic) bond motifs is 3. The van der Waals surface area contributed by atoms with Crippen LogP contribution in [0.4, 0.5) is 4.79 Å². The lowest BCUT2D eigenvalue weighted by Crippen LogP contribution is -2.11. The lowest BCUT2D eigenvalue weighted by Gasteiger charge is -2.13. The molecule has 5 heteroatoms. The number of carbonyl (C=O) groups is 1. The SMILES string of the molecule is O=C(O)Oc1c(Cc2ccc3ccccc3c2)c2ccccc2n1CCCOc1cccc2ccccc12. The van der Waals surface area contributed by atoms with Crippen LogP contribution in [-0.4, -0.2) is 22.4 Å². The molecule has 0 unspecified atom stereocenters. The summed E-state index contributed by atoms with van der Waals surface area (Å²) in [5, 5.41) is 15.1. The van der Waals surface area contributed by atoms with Crippen molar-refractivity contribution < 1.29 is 19.4 Å². The molecule has 38 heavy (non-hydrogen) atoms. The average molecular weight is 502 g/mol. The fourth-order valence-electron chi connectivity index (χ4n) is 5.22. The number of hydrogen-bond donors (Lipinski definition) is 1. The van der Waals surface area contributed by atoms with Crippen molar-refractivity contribution in [1.82, 2.24) is 4.57 Å². The summed E-state index contributed by atoms with van der Waals surface area (Å²) in [5.74, 6) is 1.22. The Kier molecular flexibility index (Phi) is 6.40. The van der Waals surface area contributed by atoms with Gasteiger partial charge in [0.2, 0.25) is 5.88 Å². The maximum absolute atomic E-state index is 11.8. The van der Waals surface area contributed by atoms with E-state index in [1.54, 1.807) is 0 Å². The first-order valence-corrected chi connectivity index (χ1v) is 12.8. The van der Waals surface area contributed by atoms with Crippen LogP contribution in [-0.2, 0) is 13.0 Å². The number of aromatic nitrogens is 1. The van der Waals surface area contributed by atoms with E-state index in [9.17, 15) is 9.90 Å². The Morgan fingerprint density at radius 3 is 2.29 bits per heavy atom. The number of rotatable bonds is 8. The number of nitrogens with zero attached hydrogens (tertiary/aromatic N) is 1. The largest absolute Gasteiger partial charge is 0.512 e. The molecule has 1 heterocycles. The van der Waals surface area contributed by atoms with Gasteiger partial charge in [-0.05, 0) is 40.3 Å². The van der Waals surface area contributed by atoms with Crippen molar-refractivity contribution in [3.8, 4) is 11.6 Å². The number of para-hydroxylation sites is 1. The van der Waals surface area contributed by atoms with Crippen molar-refractivity contribution >= 4 is 38.6 Å². The Morgan fingerprint density at radius 1 is 0.737 bits per heavy atom. The molecule has 1 aromatic heterocycles. The molecule has 0 amide bonds. The minimum absolute atomic E-state index is 0.372. The standard InChI is InChI=1S/C33H27NO4/c35-33(36)38-32-29(22-23-17-18-24-9-1-2-11-26(24)21-23)28-14-5-6-15-30(28)34(32)19-8-20-37-31-16-7-12-25-10-3-4-13-27(25)31/h1-7,9-18,21H,8,19-20,22H2,(H,35,36). The van der Waals surface area contributed by atoms with Crippen molar-refractivity contribution in [2.24, 2.45) is 0 Å². The van der Waals surface area contributed by atoms with Gasteiger partial charge in [0.15, 0.2) is 0 Å². The lowest BCUT2D eigenvalue weighted by molar-refractivity contribution is 0.140. The second kappa shape index (κ2) is 10.3. The van der Waals surface area contributed by atoms with Crippen LogP contribution in [0.25, 0.3) is 32.4 Å². The van der Waals surface area contributed by atoms with Crippen LogP contribution in [0.3, 0.4) is 0 Å². The molecule has 0 atom stereocenters. The molecule has 188 valence electrons. The molecule has 0 bridgehead atoms. The Labute approximate surface area is 220 Å². The van der Waals surface area contributed by atoms with Crippen LogP contribution >= 0.6 is 0 Å². The highest BCUT2D eigenvalue weighted by molar-refractivity contribution is 5.89. The van der Waals surface area contributed by atoms with Gasteiger partial charge in [-0.25, -0.2) is 4.79 Å².